The highest BCUT2D eigenvalue weighted by Crippen LogP contribution is 2.51. The van der Waals surface area contributed by atoms with Crippen molar-refractivity contribution in [2.24, 2.45) is 0 Å². The molecule has 1 heterocycles. The van der Waals surface area contributed by atoms with Crippen LogP contribution in [-0.4, -0.2) is 11.4 Å². The zero-order valence-corrected chi connectivity index (χ0v) is 16.2. The molecule has 4 rings (SSSR count). The van der Waals surface area contributed by atoms with E-state index in [4.69, 9.17) is 23.2 Å². The van der Waals surface area contributed by atoms with Gasteiger partial charge in [0.1, 0.15) is 5.50 Å². The van der Waals surface area contributed by atoms with Crippen molar-refractivity contribution in [3.63, 3.8) is 0 Å². The molecule has 0 spiro atoms. The average Bonchev–Trinajstić information content (AvgIpc) is 2.93. The van der Waals surface area contributed by atoms with Crippen LogP contribution in [0.1, 0.15) is 24.0 Å². The number of rotatable bonds is 3. The first-order valence-electron chi connectivity index (χ1n) is 8.70. The van der Waals surface area contributed by atoms with Crippen molar-refractivity contribution >= 4 is 46.2 Å². The number of carbonyl (C=O) groups is 1. The van der Waals surface area contributed by atoms with Gasteiger partial charge in [0.25, 0.3) is 0 Å². The average molecular weight is 397 g/mol. The normalized spacial score (nSPS) is 18.3. The lowest BCUT2D eigenvalue weighted by Gasteiger charge is -2.28. The highest BCUT2D eigenvalue weighted by molar-refractivity contribution is 6.31. The van der Waals surface area contributed by atoms with E-state index in [1.807, 2.05) is 65.6 Å². The number of nitrogens with one attached hydrogen (secondary N) is 1. The second-order valence-corrected chi connectivity index (χ2v) is 7.42. The van der Waals surface area contributed by atoms with Gasteiger partial charge < -0.3 is 10.2 Å². The molecule has 1 N–H and O–H groups in total. The van der Waals surface area contributed by atoms with E-state index in [2.05, 4.69) is 17.4 Å². The van der Waals surface area contributed by atoms with Crippen LogP contribution in [0.25, 0.3) is 0 Å². The van der Waals surface area contributed by atoms with Crippen LogP contribution in [-0.2, 0) is 4.79 Å². The highest BCUT2D eigenvalue weighted by Gasteiger charge is 2.39. The Morgan fingerprint density at radius 2 is 1.67 bits per heavy atom. The number of alkyl halides is 1. The summed E-state index contributed by atoms with van der Waals surface area (Å²) in [6.07, 6.45) is 0. The number of hydrogen-bond donors (Lipinski definition) is 1. The van der Waals surface area contributed by atoms with Crippen molar-refractivity contribution in [1.29, 1.82) is 0 Å². The number of fused-ring (bicyclic) bond motifs is 1. The fourth-order valence-corrected chi connectivity index (χ4v) is 4.32. The number of amides is 1. The predicted octanol–water partition coefficient (Wildman–Crippen LogP) is 6.15. The number of anilines is 3. The summed E-state index contributed by atoms with van der Waals surface area (Å²) in [6, 6.07) is 23.7. The van der Waals surface area contributed by atoms with E-state index in [1.165, 1.54) is 6.92 Å². The van der Waals surface area contributed by atoms with Gasteiger partial charge in [0, 0.05) is 23.6 Å². The van der Waals surface area contributed by atoms with E-state index in [0.29, 0.717) is 5.02 Å². The number of halogens is 2. The number of para-hydroxylation sites is 2. The molecule has 5 heteroatoms. The summed E-state index contributed by atoms with van der Waals surface area (Å²) in [7, 11) is 0. The molecule has 2 unspecified atom stereocenters. The van der Waals surface area contributed by atoms with E-state index in [0.717, 1.165) is 28.2 Å². The van der Waals surface area contributed by atoms with Crippen LogP contribution >= 0.6 is 23.2 Å². The Morgan fingerprint density at radius 1 is 0.963 bits per heavy atom. The lowest BCUT2D eigenvalue weighted by Crippen LogP contribution is -2.26. The van der Waals surface area contributed by atoms with E-state index in [9.17, 15) is 4.79 Å². The minimum Gasteiger partial charge on any atom is -0.325 e. The number of carbonyl (C=O) groups excluding carboxylic acids is 1. The van der Waals surface area contributed by atoms with E-state index in [1.54, 1.807) is 0 Å². The van der Waals surface area contributed by atoms with Crippen LogP contribution in [0.15, 0.2) is 72.8 Å². The smallest absolute Gasteiger partial charge is 0.221 e. The fourth-order valence-electron chi connectivity index (χ4n) is 3.66. The van der Waals surface area contributed by atoms with Gasteiger partial charge in [0.15, 0.2) is 0 Å². The predicted molar refractivity (Wildman–Crippen MR) is 112 cm³/mol. The van der Waals surface area contributed by atoms with Crippen LogP contribution in [0.5, 0.6) is 0 Å². The summed E-state index contributed by atoms with van der Waals surface area (Å²) in [4.78, 5) is 13.7. The summed E-state index contributed by atoms with van der Waals surface area (Å²) in [5.74, 6) is -0.135. The quantitative estimate of drug-likeness (QED) is 0.425. The Kier molecular flexibility index (Phi) is 4.81. The lowest BCUT2D eigenvalue weighted by atomic mass is 9.93. The molecule has 0 saturated carbocycles. The molecule has 136 valence electrons. The minimum atomic E-state index is -0.351. The Balaban J connectivity index is 1.88. The molecule has 3 aromatic rings. The van der Waals surface area contributed by atoms with Crippen molar-refractivity contribution in [2.45, 2.75) is 18.3 Å². The summed E-state index contributed by atoms with van der Waals surface area (Å²) < 4.78 is 0. The first kappa shape index (κ1) is 17.9. The molecule has 1 aliphatic heterocycles. The third-order valence-electron chi connectivity index (χ3n) is 4.74. The van der Waals surface area contributed by atoms with E-state index < -0.39 is 0 Å². The van der Waals surface area contributed by atoms with Gasteiger partial charge in [-0.2, -0.15) is 0 Å². The van der Waals surface area contributed by atoms with Crippen molar-refractivity contribution in [1.82, 2.24) is 0 Å². The Morgan fingerprint density at radius 3 is 2.41 bits per heavy atom. The molecule has 0 aromatic heterocycles. The molecule has 3 aromatic carbocycles. The Labute approximate surface area is 168 Å². The molecule has 27 heavy (non-hydrogen) atoms. The molecule has 1 amide bonds. The van der Waals surface area contributed by atoms with Crippen LogP contribution in [0, 0.1) is 0 Å². The second-order valence-electron chi connectivity index (χ2n) is 6.53. The molecule has 0 saturated heterocycles. The summed E-state index contributed by atoms with van der Waals surface area (Å²) in [6.45, 7) is 1.50. The lowest BCUT2D eigenvalue weighted by molar-refractivity contribution is -0.114. The molecule has 0 aliphatic carbocycles. The van der Waals surface area contributed by atoms with Crippen LogP contribution in [0.4, 0.5) is 17.1 Å². The zero-order chi connectivity index (χ0) is 19.0. The van der Waals surface area contributed by atoms with Gasteiger partial charge >= 0.3 is 0 Å². The zero-order valence-electron chi connectivity index (χ0n) is 14.7. The van der Waals surface area contributed by atoms with Gasteiger partial charge in [-0.3, -0.25) is 4.79 Å². The molecule has 0 fully saturated rings. The first-order valence-corrected chi connectivity index (χ1v) is 9.52. The standard InChI is InChI=1S/C22H18Cl2N2O/c1-14(27)25-18-9-5-6-10-19(18)26-20-13-16(23)11-12-17(20)21(22(26)24)15-7-3-2-4-8-15/h2-13,21-22H,1H3,(H,25,27). The van der Waals surface area contributed by atoms with Crippen LogP contribution < -0.4 is 10.2 Å². The van der Waals surface area contributed by atoms with Gasteiger partial charge in [0.05, 0.1) is 11.4 Å². The van der Waals surface area contributed by atoms with Crippen molar-refractivity contribution in [3.8, 4) is 0 Å². The second kappa shape index (κ2) is 7.26. The molecular formula is C22H18Cl2N2O. The molecule has 2 atom stereocenters. The maximum absolute atomic E-state index is 11.7. The van der Waals surface area contributed by atoms with Gasteiger partial charge in [-0.25, -0.2) is 0 Å². The van der Waals surface area contributed by atoms with Gasteiger partial charge in [-0.1, -0.05) is 71.7 Å². The Hall–Kier alpha value is -2.49. The number of nitrogens with zero attached hydrogens (tertiary/aromatic N) is 1. The summed E-state index contributed by atoms with van der Waals surface area (Å²) >= 11 is 13.3. The summed E-state index contributed by atoms with van der Waals surface area (Å²) in [5.41, 5.74) is 4.42. The first-order chi connectivity index (χ1) is 13.1. The molecular weight excluding hydrogens is 379 g/mol. The third kappa shape index (κ3) is 3.29. The van der Waals surface area contributed by atoms with E-state index >= 15 is 0 Å². The molecule has 0 radical (unpaired) electrons. The van der Waals surface area contributed by atoms with Gasteiger partial charge in [-0.05, 0) is 35.4 Å². The Bertz CT molecular complexity index is 991. The highest BCUT2D eigenvalue weighted by atomic mass is 35.5. The van der Waals surface area contributed by atoms with Crippen LogP contribution in [0.2, 0.25) is 5.02 Å². The maximum Gasteiger partial charge on any atom is 0.221 e. The maximum atomic E-state index is 11.7. The third-order valence-corrected chi connectivity index (χ3v) is 5.42. The molecule has 0 bridgehead atoms. The number of benzene rings is 3. The largest absolute Gasteiger partial charge is 0.325 e. The van der Waals surface area contributed by atoms with Crippen LogP contribution in [0.3, 0.4) is 0 Å². The number of hydrogen-bond acceptors (Lipinski definition) is 2. The minimum absolute atomic E-state index is 0.00878. The van der Waals surface area contributed by atoms with Crippen molar-refractivity contribution < 1.29 is 4.79 Å². The molecule has 3 nitrogen and oxygen atoms in total. The SMILES string of the molecule is CC(=O)Nc1ccccc1N1c2cc(Cl)ccc2C(c2ccccc2)C1Cl. The monoisotopic (exact) mass is 396 g/mol. The van der Waals surface area contributed by atoms with Crippen molar-refractivity contribution in [3.05, 3.63) is 88.9 Å². The van der Waals surface area contributed by atoms with Gasteiger partial charge in [-0.15, -0.1) is 0 Å². The van der Waals surface area contributed by atoms with Gasteiger partial charge in [0.2, 0.25) is 5.91 Å². The topological polar surface area (TPSA) is 32.3 Å². The summed E-state index contributed by atoms with van der Waals surface area (Å²) in [5, 5.41) is 3.55. The van der Waals surface area contributed by atoms with Crippen molar-refractivity contribution in [2.75, 3.05) is 10.2 Å². The van der Waals surface area contributed by atoms with E-state index in [-0.39, 0.29) is 17.3 Å². The fraction of sp³-hybridized carbons (Fsp3) is 0.136. The molecule has 1 aliphatic rings.